The van der Waals surface area contributed by atoms with Gasteiger partial charge in [-0.25, -0.2) is 0 Å². The summed E-state index contributed by atoms with van der Waals surface area (Å²) >= 11 is 0. The molecule has 2 fully saturated rings. The molecule has 2 aliphatic heterocycles. The van der Waals surface area contributed by atoms with Gasteiger partial charge in [0, 0.05) is 32.2 Å². The third kappa shape index (κ3) is 4.05. The van der Waals surface area contributed by atoms with Gasteiger partial charge in [0.25, 0.3) is 11.8 Å². The lowest BCUT2D eigenvalue weighted by atomic mass is 9.92. The molecular formula is C25H30N4O4. The van der Waals surface area contributed by atoms with Crippen LogP contribution in [0.4, 0.5) is 11.4 Å². The highest BCUT2D eigenvalue weighted by Gasteiger charge is 2.56. The van der Waals surface area contributed by atoms with Crippen LogP contribution in [0.5, 0.6) is 0 Å². The summed E-state index contributed by atoms with van der Waals surface area (Å²) in [6, 6.07) is 15.4. The van der Waals surface area contributed by atoms with Crippen LogP contribution in [0.15, 0.2) is 48.5 Å². The number of rotatable bonds is 5. The maximum absolute atomic E-state index is 12.7. The van der Waals surface area contributed by atoms with Gasteiger partial charge in [-0.15, -0.1) is 0 Å². The third-order valence-electron chi connectivity index (χ3n) is 7.52. The topological polar surface area (TPSA) is 119 Å². The number of anilines is 2. The van der Waals surface area contributed by atoms with E-state index >= 15 is 0 Å². The van der Waals surface area contributed by atoms with Gasteiger partial charge in [0.05, 0.1) is 11.4 Å². The van der Waals surface area contributed by atoms with Crippen LogP contribution in [0.2, 0.25) is 0 Å². The van der Waals surface area contributed by atoms with Crippen LogP contribution in [0.3, 0.4) is 0 Å². The molecule has 5 N–H and O–H groups in total. The van der Waals surface area contributed by atoms with E-state index in [9.17, 15) is 19.8 Å². The van der Waals surface area contributed by atoms with Crippen molar-refractivity contribution in [1.82, 2.24) is 10.2 Å². The second-order valence-corrected chi connectivity index (χ2v) is 9.53. The molecule has 2 heterocycles. The first-order chi connectivity index (χ1) is 15.9. The minimum Gasteiger partial charge on any atom is -0.397 e. The summed E-state index contributed by atoms with van der Waals surface area (Å²) in [6.07, 6.45) is -0.902. The van der Waals surface area contributed by atoms with E-state index in [1.807, 2.05) is 48.5 Å². The second kappa shape index (κ2) is 8.35. The van der Waals surface area contributed by atoms with E-state index in [1.165, 1.54) is 4.90 Å². The number of carbonyl (C=O) groups is 2. The highest BCUT2D eigenvalue weighted by atomic mass is 16.3. The number of fused-ring (bicyclic) bond motifs is 1. The van der Waals surface area contributed by atoms with Gasteiger partial charge in [-0.05, 0) is 47.9 Å². The van der Waals surface area contributed by atoms with E-state index < -0.39 is 24.0 Å². The average Bonchev–Trinajstić information content (AvgIpc) is 3.28. The molecule has 174 valence electrons. The van der Waals surface area contributed by atoms with Gasteiger partial charge in [0.15, 0.2) is 12.2 Å². The fourth-order valence-electron chi connectivity index (χ4n) is 5.28. The zero-order valence-electron chi connectivity index (χ0n) is 18.5. The van der Waals surface area contributed by atoms with E-state index in [-0.39, 0.29) is 11.5 Å². The van der Waals surface area contributed by atoms with Gasteiger partial charge in [0.2, 0.25) is 0 Å². The van der Waals surface area contributed by atoms with Crippen LogP contribution in [-0.4, -0.2) is 58.3 Å². The Bertz CT molecular complexity index is 1040. The number of amides is 2. The number of para-hydroxylation sites is 2. The molecule has 2 amide bonds. The number of nitrogens with two attached hydrogens (primary N) is 1. The van der Waals surface area contributed by atoms with E-state index in [0.29, 0.717) is 13.1 Å². The first-order valence-corrected chi connectivity index (χ1v) is 11.5. The fraction of sp³-hybridized carbons (Fsp3) is 0.440. The van der Waals surface area contributed by atoms with Crippen LogP contribution in [0.25, 0.3) is 0 Å². The average molecular weight is 451 g/mol. The number of nitrogen functional groups attached to an aromatic ring is 1. The number of carbonyl (C=O) groups excluding carboxylic acids is 2. The summed E-state index contributed by atoms with van der Waals surface area (Å²) < 4.78 is 0. The van der Waals surface area contributed by atoms with Gasteiger partial charge in [-0.3, -0.25) is 9.59 Å². The van der Waals surface area contributed by atoms with Gasteiger partial charge in [-0.2, -0.15) is 0 Å². The molecule has 8 nitrogen and oxygen atoms in total. The highest BCUT2D eigenvalue weighted by molar-refractivity contribution is 5.91. The van der Waals surface area contributed by atoms with Crippen molar-refractivity contribution in [2.45, 2.75) is 50.6 Å². The monoisotopic (exact) mass is 450 g/mol. The maximum atomic E-state index is 12.7. The molecular weight excluding hydrogens is 420 g/mol. The normalized spacial score (nSPS) is 22.5. The zero-order valence-corrected chi connectivity index (χ0v) is 18.5. The number of aliphatic hydroxyl groups excluding tert-OH is 2. The Morgan fingerprint density at radius 2 is 1.58 bits per heavy atom. The fourth-order valence-corrected chi connectivity index (χ4v) is 5.28. The van der Waals surface area contributed by atoms with Crippen molar-refractivity contribution in [3.05, 3.63) is 59.7 Å². The number of aliphatic hydroxyl groups is 2. The molecule has 1 aliphatic carbocycles. The van der Waals surface area contributed by atoms with Gasteiger partial charge >= 0.3 is 0 Å². The van der Waals surface area contributed by atoms with Crippen LogP contribution in [0.1, 0.15) is 30.4 Å². The summed E-state index contributed by atoms with van der Waals surface area (Å²) in [5.74, 6) is -1.32. The molecule has 1 spiro atoms. The largest absolute Gasteiger partial charge is 0.397 e. The number of hydrogen-bond donors (Lipinski definition) is 4. The van der Waals surface area contributed by atoms with E-state index in [4.69, 9.17) is 5.73 Å². The Hall–Kier alpha value is -3.10. The Morgan fingerprint density at radius 1 is 0.970 bits per heavy atom. The Morgan fingerprint density at radius 3 is 2.21 bits per heavy atom. The number of nitrogens with one attached hydrogen (secondary N) is 1. The molecule has 1 unspecified atom stereocenters. The number of nitrogens with zero attached hydrogens (tertiary/aromatic N) is 2. The molecule has 3 aliphatic rings. The van der Waals surface area contributed by atoms with Crippen molar-refractivity contribution in [3.8, 4) is 0 Å². The van der Waals surface area contributed by atoms with Crippen LogP contribution in [0, 0.1) is 5.41 Å². The van der Waals surface area contributed by atoms with Gasteiger partial charge < -0.3 is 31.1 Å². The van der Waals surface area contributed by atoms with Crippen molar-refractivity contribution in [1.29, 1.82) is 0 Å². The molecule has 0 bridgehead atoms. The molecule has 8 heteroatoms. The van der Waals surface area contributed by atoms with Crippen LogP contribution < -0.4 is 16.0 Å². The molecule has 3 atom stereocenters. The zero-order chi connectivity index (χ0) is 23.2. The summed E-state index contributed by atoms with van der Waals surface area (Å²) in [7, 11) is 0. The Labute approximate surface area is 193 Å². The van der Waals surface area contributed by atoms with Crippen molar-refractivity contribution in [2.24, 2.45) is 5.41 Å². The SMILES string of the molecule is Nc1ccccc1N1CCC2(CC1)CC2NC(=O)[C@H](O)[C@@H](O)C(=O)N1Cc2ccccc2C1. The van der Waals surface area contributed by atoms with Crippen molar-refractivity contribution >= 4 is 23.2 Å². The summed E-state index contributed by atoms with van der Waals surface area (Å²) in [5, 5.41) is 23.6. The number of piperidine rings is 1. The second-order valence-electron chi connectivity index (χ2n) is 9.53. The van der Waals surface area contributed by atoms with Crippen molar-refractivity contribution in [2.75, 3.05) is 23.7 Å². The molecule has 0 radical (unpaired) electrons. The van der Waals surface area contributed by atoms with Crippen molar-refractivity contribution < 1.29 is 19.8 Å². The molecule has 5 rings (SSSR count). The lowest BCUT2D eigenvalue weighted by molar-refractivity contribution is -0.153. The predicted molar refractivity (Wildman–Crippen MR) is 124 cm³/mol. The Balaban J connectivity index is 1.13. The van der Waals surface area contributed by atoms with Crippen molar-refractivity contribution in [3.63, 3.8) is 0 Å². The van der Waals surface area contributed by atoms with E-state index in [0.717, 1.165) is 54.9 Å². The summed E-state index contributed by atoms with van der Waals surface area (Å²) in [4.78, 5) is 29.0. The molecule has 0 aromatic heterocycles. The minimum absolute atomic E-state index is 0.0149. The van der Waals surface area contributed by atoms with Crippen LogP contribution in [-0.2, 0) is 22.7 Å². The first-order valence-electron chi connectivity index (χ1n) is 11.5. The first kappa shape index (κ1) is 21.7. The molecule has 2 aromatic carbocycles. The molecule has 2 aromatic rings. The lowest BCUT2D eigenvalue weighted by Gasteiger charge is -2.35. The van der Waals surface area contributed by atoms with Gasteiger partial charge in [-0.1, -0.05) is 36.4 Å². The molecule has 1 saturated heterocycles. The molecule has 33 heavy (non-hydrogen) atoms. The minimum atomic E-state index is -1.79. The predicted octanol–water partition coefficient (Wildman–Crippen LogP) is 1.01. The lowest BCUT2D eigenvalue weighted by Crippen LogP contribution is -2.50. The van der Waals surface area contributed by atoms with E-state index in [1.54, 1.807) is 0 Å². The number of benzene rings is 2. The van der Waals surface area contributed by atoms with Crippen LogP contribution >= 0.6 is 0 Å². The smallest absolute Gasteiger partial charge is 0.255 e. The standard InChI is InChI=1S/C25H30N4O4/c26-18-7-3-4-8-19(18)28-11-9-25(10-12-28)13-20(25)27-23(32)21(30)22(31)24(33)29-14-16-5-1-2-6-17(16)15-29/h1-8,20-22,30-31H,9-15,26H2,(H,27,32)/t20?,21-,22-/m1/s1. The summed E-state index contributed by atoms with van der Waals surface area (Å²) in [6.45, 7) is 2.43. The number of hydrogen-bond acceptors (Lipinski definition) is 6. The van der Waals surface area contributed by atoms with E-state index in [2.05, 4.69) is 10.2 Å². The molecule has 1 saturated carbocycles. The Kier molecular flexibility index (Phi) is 5.50. The quantitative estimate of drug-likeness (QED) is 0.505. The van der Waals surface area contributed by atoms with Gasteiger partial charge in [0.1, 0.15) is 0 Å². The third-order valence-corrected chi connectivity index (χ3v) is 7.52. The summed E-state index contributed by atoms with van der Waals surface area (Å²) in [5.41, 5.74) is 9.94. The highest BCUT2D eigenvalue weighted by Crippen LogP contribution is 2.54. The maximum Gasteiger partial charge on any atom is 0.255 e.